The molecule has 0 radical (unpaired) electrons. The van der Waals surface area contributed by atoms with Gasteiger partial charge in [0.15, 0.2) is 5.82 Å². The first-order chi connectivity index (χ1) is 9.20. The molecule has 1 fully saturated rings. The van der Waals surface area contributed by atoms with Crippen LogP contribution >= 0.6 is 0 Å². The van der Waals surface area contributed by atoms with Crippen molar-refractivity contribution in [1.82, 2.24) is 14.9 Å². The van der Waals surface area contributed by atoms with E-state index in [1.54, 1.807) is 11.1 Å². The zero-order valence-electron chi connectivity index (χ0n) is 11.0. The molecule has 7 nitrogen and oxygen atoms in total. The van der Waals surface area contributed by atoms with Gasteiger partial charge in [0.05, 0.1) is 18.5 Å². The minimum Gasteiger partial charge on any atom is -0.450 e. The number of anilines is 2. The molecule has 104 valence electrons. The molecule has 0 atom stereocenters. The maximum Gasteiger partial charge on any atom is 0.409 e. The van der Waals surface area contributed by atoms with Gasteiger partial charge in [0.1, 0.15) is 6.33 Å². The summed E-state index contributed by atoms with van der Waals surface area (Å²) in [5, 5.41) is 3.29. The van der Waals surface area contributed by atoms with Crippen molar-refractivity contribution in [3.05, 3.63) is 12.5 Å². The van der Waals surface area contributed by atoms with Crippen LogP contribution < -0.4 is 11.1 Å². The van der Waals surface area contributed by atoms with Crippen LogP contribution in [-0.2, 0) is 4.74 Å². The van der Waals surface area contributed by atoms with Gasteiger partial charge in [0.25, 0.3) is 0 Å². The van der Waals surface area contributed by atoms with Crippen molar-refractivity contribution in [3.8, 4) is 0 Å². The molecule has 19 heavy (non-hydrogen) atoms. The Morgan fingerprint density at radius 1 is 1.58 bits per heavy atom. The summed E-state index contributed by atoms with van der Waals surface area (Å²) < 4.78 is 4.98. The predicted molar refractivity (Wildman–Crippen MR) is 71.7 cm³/mol. The fourth-order valence-corrected chi connectivity index (χ4v) is 2.08. The number of nitrogen functional groups attached to an aromatic ring is 1. The van der Waals surface area contributed by atoms with Gasteiger partial charge in [-0.15, -0.1) is 0 Å². The Hall–Kier alpha value is -2.05. The number of nitrogens with two attached hydrogens (primary N) is 1. The van der Waals surface area contributed by atoms with Crippen LogP contribution in [0.1, 0.15) is 19.8 Å². The van der Waals surface area contributed by atoms with Crippen molar-refractivity contribution in [2.75, 3.05) is 30.7 Å². The highest BCUT2D eigenvalue weighted by atomic mass is 16.6. The molecule has 1 aliphatic heterocycles. The third kappa shape index (κ3) is 3.46. The lowest BCUT2D eigenvalue weighted by Crippen LogP contribution is -2.42. The third-order valence-electron chi connectivity index (χ3n) is 3.10. The van der Waals surface area contributed by atoms with Crippen LogP contribution in [0, 0.1) is 0 Å². The molecule has 1 aromatic rings. The molecule has 0 aromatic carbocycles. The highest BCUT2D eigenvalue weighted by Crippen LogP contribution is 2.19. The quantitative estimate of drug-likeness (QED) is 0.849. The number of ether oxygens (including phenoxy) is 1. The Bertz CT molecular complexity index is 432. The number of carbonyl (C=O) groups is 1. The van der Waals surface area contributed by atoms with Gasteiger partial charge >= 0.3 is 6.09 Å². The number of aromatic nitrogens is 2. The van der Waals surface area contributed by atoms with Crippen molar-refractivity contribution in [1.29, 1.82) is 0 Å². The van der Waals surface area contributed by atoms with E-state index in [9.17, 15) is 4.79 Å². The standard InChI is InChI=1S/C12H19N5O2/c1-2-19-12(18)17-5-3-9(4-6-17)16-11-10(13)7-14-8-15-11/h7-9H,2-6,13H2,1H3,(H,14,15,16). The average Bonchev–Trinajstić information content (AvgIpc) is 2.42. The van der Waals surface area contributed by atoms with Crippen molar-refractivity contribution >= 4 is 17.6 Å². The van der Waals surface area contributed by atoms with Crippen LogP contribution in [-0.4, -0.2) is 46.7 Å². The maximum atomic E-state index is 11.6. The van der Waals surface area contributed by atoms with Crippen LogP contribution in [0.4, 0.5) is 16.3 Å². The summed E-state index contributed by atoms with van der Waals surface area (Å²) in [7, 11) is 0. The molecule has 1 aromatic heterocycles. The largest absolute Gasteiger partial charge is 0.450 e. The number of likely N-dealkylation sites (tertiary alicyclic amines) is 1. The molecular weight excluding hydrogens is 246 g/mol. The molecule has 0 saturated carbocycles. The summed E-state index contributed by atoms with van der Waals surface area (Å²) in [6, 6.07) is 0.267. The number of carbonyl (C=O) groups excluding carboxylic acids is 1. The number of hydrogen-bond acceptors (Lipinski definition) is 6. The van der Waals surface area contributed by atoms with E-state index >= 15 is 0 Å². The minimum absolute atomic E-state index is 0.234. The number of rotatable bonds is 3. The van der Waals surface area contributed by atoms with E-state index in [4.69, 9.17) is 10.5 Å². The van der Waals surface area contributed by atoms with Crippen LogP contribution in [0.5, 0.6) is 0 Å². The zero-order valence-corrected chi connectivity index (χ0v) is 11.0. The predicted octanol–water partition coefficient (Wildman–Crippen LogP) is 1.09. The van der Waals surface area contributed by atoms with Crippen LogP contribution in [0.15, 0.2) is 12.5 Å². The lowest BCUT2D eigenvalue weighted by Gasteiger charge is -2.31. The molecule has 1 aliphatic rings. The summed E-state index contributed by atoms with van der Waals surface area (Å²) in [6.45, 7) is 3.58. The van der Waals surface area contributed by atoms with Crippen LogP contribution in [0.3, 0.4) is 0 Å². The van der Waals surface area contributed by atoms with Gasteiger partial charge in [-0.3, -0.25) is 0 Å². The van der Waals surface area contributed by atoms with Gasteiger partial charge in [0, 0.05) is 19.1 Å². The molecule has 1 saturated heterocycles. The van der Waals surface area contributed by atoms with E-state index in [-0.39, 0.29) is 12.1 Å². The molecule has 0 unspecified atom stereocenters. The van der Waals surface area contributed by atoms with E-state index in [1.807, 2.05) is 6.92 Å². The second kappa shape index (κ2) is 6.21. The number of nitrogens with one attached hydrogen (secondary N) is 1. The van der Waals surface area contributed by atoms with Crippen molar-refractivity contribution < 1.29 is 9.53 Å². The van der Waals surface area contributed by atoms with E-state index in [2.05, 4.69) is 15.3 Å². The molecule has 2 rings (SSSR count). The highest BCUT2D eigenvalue weighted by molar-refractivity contribution is 5.67. The lowest BCUT2D eigenvalue weighted by molar-refractivity contribution is 0.0983. The van der Waals surface area contributed by atoms with Crippen molar-refractivity contribution in [3.63, 3.8) is 0 Å². The summed E-state index contributed by atoms with van der Waals surface area (Å²) >= 11 is 0. The number of hydrogen-bond donors (Lipinski definition) is 2. The zero-order chi connectivity index (χ0) is 13.7. The fourth-order valence-electron chi connectivity index (χ4n) is 2.08. The average molecular weight is 265 g/mol. The van der Waals surface area contributed by atoms with Crippen molar-refractivity contribution in [2.24, 2.45) is 0 Å². The Morgan fingerprint density at radius 2 is 2.32 bits per heavy atom. The SMILES string of the molecule is CCOC(=O)N1CCC(Nc2ncncc2N)CC1. The summed E-state index contributed by atoms with van der Waals surface area (Å²) in [6.07, 6.45) is 4.50. The molecule has 0 bridgehead atoms. The number of nitrogens with zero attached hydrogens (tertiary/aromatic N) is 3. The summed E-state index contributed by atoms with van der Waals surface area (Å²) in [5.74, 6) is 0.657. The van der Waals surface area contributed by atoms with Gasteiger partial charge in [-0.05, 0) is 19.8 Å². The van der Waals surface area contributed by atoms with Gasteiger partial charge in [-0.2, -0.15) is 0 Å². The van der Waals surface area contributed by atoms with Crippen LogP contribution in [0.25, 0.3) is 0 Å². The van der Waals surface area contributed by atoms with Gasteiger partial charge in [-0.25, -0.2) is 14.8 Å². The topological polar surface area (TPSA) is 93.4 Å². The van der Waals surface area contributed by atoms with Gasteiger partial charge in [-0.1, -0.05) is 0 Å². The number of piperidine rings is 1. The second-order valence-corrected chi connectivity index (χ2v) is 4.43. The van der Waals surface area contributed by atoms with E-state index in [1.165, 1.54) is 6.33 Å². The van der Waals surface area contributed by atoms with E-state index < -0.39 is 0 Å². The molecule has 7 heteroatoms. The first kappa shape index (κ1) is 13.4. The highest BCUT2D eigenvalue weighted by Gasteiger charge is 2.23. The molecular formula is C12H19N5O2. The smallest absolute Gasteiger partial charge is 0.409 e. The second-order valence-electron chi connectivity index (χ2n) is 4.43. The lowest BCUT2D eigenvalue weighted by atomic mass is 10.1. The molecule has 3 N–H and O–H groups in total. The minimum atomic E-state index is -0.234. The first-order valence-corrected chi connectivity index (χ1v) is 6.44. The molecule has 0 aliphatic carbocycles. The van der Waals surface area contributed by atoms with Gasteiger partial charge < -0.3 is 20.7 Å². The molecule has 2 heterocycles. The normalized spacial score (nSPS) is 16.2. The summed E-state index contributed by atoms with van der Waals surface area (Å²) in [4.78, 5) is 21.2. The Balaban J connectivity index is 1.84. The number of amides is 1. The summed E-state index contributed by atoms with van der Waals surface area (Å²) in [5.41, 5.74) is 6.32. The first-order valence-electron chi connectivity index (χ1n) is 6.44. The van der Waals surface area contributed by atoms with Crippen molar-refractivity contribution in [2.45, 2.75) is 25.8 Å². The maximum absolute atomic E-state index is 11.6. The van der Waals surface area contributed by atoms with E-state index in [0.29, 0.717) is 31.2 Å². The molecule has 1 amide bonds. The Labute approximate surface area is 112 Å². The molecule has 0 spiro atoms. The Kier molecular flexibility index (Phi) is 4.38. The fraction of sp³-hybridized carbons (Fsp3) is 0.583. The van der Waals surface area contributed by atoms with E-state index in [0.717, 1.165) is 12.8 Å². The van der Waals surface area contributed by atoms with Gasteiger partial charge in [0.2, 0.25) is 0 Å². The monoisotopic (exact) mass is 265 g/mol. The van der Waals surface area contributed by atoms with Crippen LogP contribution in [0.2, 0.25) is 0 Å². The third-order valence-corrected chi connectivity index (χ3v) is 3.10. The Morgan fingerprint density at radius 3 is 2.95 bits per heavy atom.